The van der Waals surface area contributed by atoms with Crippen molar-refractivity contribution in [3.8, 4) is 0 Å². The first-order valence-corrected chi connectivity index (χ1v) is 4.56. The molecule has 0 atom stereocenters. The minimum Gasteiger partial charge on any atom is -0.352 e. The van der Waals surface area contributed by atoms with Crippen LogP contribution in [0.2, 0.25) is 0 Å². The van der Waals surface area contributed by atoms with Crippen LogP contribution >= 0.6 is 0 Å². The molecule has 0 aliphatic rings. The Morgan fingerprint density at radius 2 is 2.29 bits per heavy atom. The third-order valence-electron chi connectivity index (χ3n) is 2.00. The van der Waals surface area contributed by atoms with Crippen LogP contribution < -0.4 is 10.9 Å². The molecule has 4 nitrogen and oxygen atoms in total. The van der Waals surface area contributed by atoms with Crippen molar-refractivity contribution < 1.29 is 4.79 Å². The average Bonchev–Trinajstić information content (AvgIpc) is 2.20. The molecule has 0 saturated heterocycles. The minimum atomic E-state index is -0.0658. The third kappa shape index (κ3) is 2.45. The van der Waals surface area contributed by atoms with E-state index in [1.54, 1.807) is 32.3 Å². The Bertz CT molecular complexity index is 382. The van der Waals surface area contributed by atoms with Gasteiger partial charge in [0.2, 0.25) is 5.91 Å². The van der Waals surface area contributed by atoms with Crippen LogP contribution in [-0.2, 0) is 18.4 Å². The molecule has 1 heterocycles. The number of nitrogens with zero attached hydrogens (tertiary/aromatic N) is 1. The standard InChI is InChI=1S/C10H14N2O2/c1-3-9(13)11-7-8-5-4-6-12(2)10(8)14/h4-6H,3,7H2,1-2H3,(H,11,13). The maximum atomic E-state index is 11.5. The van der Waals surface area contributed by atoms with Gasteiger partial charge in [-0.05, 0) is 6.07 Å². The van der Waals surface area contributed by atoms with Gasteiger partial charge in [-0.2, -0.15) is 0 Å². The average molecular weight is 194 g/mol. The second-order valence-electron chi connectivity index (χ2n) is 3.08. The van der Waals surface area contributed by atoms with E-state index in [-0.39, 0.29) is 11.5 Å². The van der Waals surface area contributed by atoms with Crippen molar-refractivity contribution in [1.82, 2.24) is 9.88 Å². The van der Waals surface area contributed by atoms with E-state index in [4.69, 9.17) is 0 Å². The van der Waals surface area contributed by atoms with Crippen LogP contribution in [0.15, 0.2) is 23.1 Å². The van der Waals surface area contributed by atoms with Gasteiger partial charge in [-0.25, -0.2) is 0 Å². The first-order chi connectivity index (χ1) is 6.65. The molecule has 1 amide bonds. The number of aromatic nitrogens is 1. The van der Waals surface area contributed by atoms with E-state index in [0.717, 1.165) is 0 Å². The maximum absolute atomic E-state index is 11.5. The topological polar surface area (TPSA) is 51.1 Å². The predicted molar refractivity (Wildman–Crippen MR) is 53.8 cm³/mol. The zero-order valence-electron chi connectivity index (χ0n) is 8.41. The quantitative estimate of drug-likeness (QED) is 0.757. The zero-order valence-corrected chi connectivity index (χ0v) is 8.41. The van der Waals surface area contributed by atoms with Crippen LogP contribution in [0.25, 0.3) is 0 Å². The summed E-state index contributed by atoms with van der Waals surface area (Å²) in [6, 6.07) is 3.51. The van der Waals surface area contributed by atoms with Gasteiger partial charge < -0.3 is 9.88 Å². The molecule has 76 valence electrons. The molecule has 1 rings (SSSR count). The van der Waals surface area contributed by atoms with E-state index >= 15 is 0 Å². The lowest BCUT2D eigenvalue weighted by atomic mass is 10.2. The van der Waals surface area contributed by atoms with Gasteiger partial charge in [0, 0.05) is 31.8 Å². The molecule has 0 fully saturated rings. The second-order valence-corrected chi connectivity index (χ2v) is 3.08. The normalized spacial score (nSPS) is 9.86. The Kier molecular flexibility index (Phi) is 3.45. The van der Waals surface area contributed by atoms with Crippen molar-refractivity contribution in [2.45, 2.75) is 19.9 Å². The van der Waals surface area contributed by atoms with E-state index in [9.17, 15) is 9.59 Å². The largest absolute Gasteiger partial charge is 0.352 e. The first-order valence-electron chi connectivity index (χ1n) is 4.56. The zero-order chi connectivity index (χ0) is 10.6. The minimum absolute atomic E-state index is 0.0455. The molecule has 0 aromatic carbocycles. The first kappa shape index (κ1) is 10.5. The van der Waals surface area contributed by atoms with Gasteiger partial charge in [-0.15, -0.1) is 0 Å². The molecule has 0 aliphatic heterocycles. The molecular weight excluding hydrogens is 180 g/mol. The van der Waals surface area contributed by atoms with Crippen molar-refractivity contribution in [2.75, 3.05) is 0 Å². The molecular formula is C10H14N2O2. The molecule has 0 unspecified atom stereocenters. The van der Waals surface area contributed by atoms with E-state index in [2.05, 4.69) is 5.32 Å². The SMILES string of the molecule is CCC(=O)NCc1cccn(C)c1=O. The summed E-state index contributed by atoms with van der Waals surface area (Å²) in [6.45, 7) is 2.08. The van der Waals surface area contributed by atoms with Gasteiger partial charge in [0.15, 0.2) is 0 Å². The van der Waals surface area contributed by atoms with Crippen LogP contribution in [0.1, 0.15) is 18.9 Å². The van der Waals surface area contributed by atoms with Gasteiger partial charge in [0.05, 0.1) is 0 Å². The highest BCUT2D eigenvalue weighted by molar-refractivity contribution is 5.75. The van der Waals surface area contributed by atoms with Crippen molar-refractivity contribution in [2.24, 2.45) is 7.05 Å². The van der Waals surface area contributed by atoms with E-state index in [1.807, 2.05) is 0 Å². The van der Waals surface area contributed by atoms with Crippen molar-refractivity contribution >= 4 is 5.91 Å². The Hall–Kier alpha value is -1.58. The number of carbonyl (C=O) groups excluding carboxylic acids is 1. The van der Waals surface area contributed by atoms with Gasteiger partial charge in [-0.1, -0.05) is 13.0 Å². The fourth-order valence-corrected chi connectivity index (χ4v) is 1.11. The number of hydrogen-bond donors (Lipinski definition) is 1. The summed E-state index contributed by atoms with van der Waals surface area (Å²) in [5, 5.41) is 2.66. The van der Waals surface area contributed by atoms with Crippen LogP contribution in [0.5, 0.6) is 0 Å². The summed E-state index contributed by atoms with van der Waals surface area (Å²) in [4.78, 5) is 22.4. The Balaban J connectivity index is 2.73. The van der Waals surface area contributed by atoms with Crippen LogP contribution in [0, 0.1) is 0 Å². The van der Waals surface area contributed by atoms with Crippen LogP contribution in [-0.4, -0.2) is 10.5 Å². The van der Waals surface area contributed by atoms with E-state index < -0.39 is 0 Å². The molecule has 0 aliphatic carbocycles. The molecule has 14 heavy (non-hydrogen) atoms. The van der Waals surface area contributed by atoms with Crippen LogP contribution in [0.4, 0.5) is 0 Å². The lowest BCUT2D eigenvalue weighted by Crippen LogP contribution is -2.28. The fraction of sp³-hybridized carbons (Fsp3) is 0.400. The summed E-state index contributed by atoms with van der Waals surface area (Å²) in [7, 11) is 1.69. The van der Waals surface area contributed by atoms with Crippen molar-refractivity contribution in [3.05, 3.63) is 34.2 Å². The van der Waals surface area contributed by atoms with Crippen molar-refractivity contribution in [3.63, 3.8) is 0 Å². The molecule has 1 aromatic rings. The number of pyridine rings is 1. The number of aryl methyl sites for hydroxylation is 1. The molecule has 0 saturated carbocycles. The lowest BCUT2D eigenvalue weighted by molar-refractivity contribution is -0.120. The summed E-state index contributed by atoms with van der Waals surface area (Å²) < 4.78 is 1.49. The molecule has 0 spiro atoms. The Morgan fingerprint density at radius 1 is 1.57 bits per heavy atom. The molecule has 1 aromatic heterocycles. The van der Waals surface area contributed by atoms with Crippen molar-refractivity contribution in [1.29, 1.82) is 0 Å². The van der Waals surface area contributed by atoms with Gasteiger partial charge in [0.25, 0.3) is 5.56 Å². The lowest BCUT2D eigenvalue weighted by Gasteiger charge is -2.04. The Morgan fingerprint density at radius 3 is 2.93 bits per heavy atom. The third-order valence-corrected chi connectivity index (χ3v) is 2.00. The highest BCUT2D eigenvalue weighted by atomic mass is 16.1. The van der Waals surface area contributed by atoms with E-state index in [0.29, 0.717) is 18.5 Å². The van der Waals surface area contributed by atoms with Gasteiger partial charge in [-0.3, -0.25) is 9.59 Å². The summed E-state index contributed by atoms with van der Waals surface area (Å²) in [5.74, 6) is -0.0455. The number of amides is 1. The monoisotopic (exact) mass is 194 g/mol. The highest BCUT2D eigenvalue weighted by Crippen LogP contribution is 1.90. The van der Waals surface area contributed by atoms with E-state index in [1.165, 1.54) is 4.57 Å². The number of carbonyl (C=O) groups is 1. The van der Waals surface area contributed by atoms with Crippen LogP contribution in [0.3, 0.4) is 0 Å². The summed E-state index contributed by atoms with van der Waals surface area (Å²) >= 11 is 0. The summed E-state index contributed by atoms with van der Waals surface area (Å²) in [6.07, 6.45) is 2.13. The summed E-state index contributed by atoms with van der Waals surface area (Å²) in [5.41, 5.74) is 0.542. The fourth-order valence-electron chi connectivity index (χ4n) is 1.11. The maximum Gasteiger partial charge on any atom is 0.255 e. The molecule has 0 bridgehead atoms. The molecule has 0 radical (unpaired) electrons. The number of hydrogen-bond acceptors (Lipinski definition) is 2. The smallest absolute Gasteiger partial charge is 0.255 e. The van der Waals surface area contributed by atoms with Gasteiger partial charge in [0.1, 0.15) is 0 Å². The highest BCUT2D eigenvalue weighted by Gasteiger charge is 2.01. The number of nitrogens with one attached hydrogen (secondary N) is 1. The second kappa shape index (κ2) is 4.60. The molecule has 1 N–H and O–H groups in total. The molecule has 4 heteroatoms. The Labute approximate surface area is 82.6 Å². The van der Waals surface area contributed by atoms with Gasteiger partial charge >= 0.3 is 0 Å². The predicted octanol–water partition coefficient (Wildman–Crippen LogP) is 0.412. The number of rotatable bonds is 3.